The molecular weight excluding hydrogens is 330 g/mol. The summed E-state index contributed by atoms with van der Waals surface area (Å²) in [6, 6.07) is 4.10. The highest BCUT2D eigenvalue weighted by atomic mass is 35.5. The number of thiazole rings is 1. The van der Waals surface area contributed by atoms with E-state index in [1.54, 1.807) is 11.6 Å². The van der Waals surface area contributed by atoms with Crippen molar-refractivity contribution in [3.63, 3.8) is 0 Å². The van der Waals surface area contributed by atoms with Crippen molar-refractivity contribution in [3.8, 4) is 0 Å². The Labute approximate surface area is 133 Å². The first-order valence-corrected chi connectivity index (χ1v) is 7.86. The lowest BCUT2D eigenvalue weighted by molar-refractivity contribution is 0.507. The molecule has 0 saturated heterocycles. The van der Waals surface area contributed by atoms with E-state index in [4.69, 9.17) is 11.6 Å². The Bertz CT molecular complexity index is 869. The van der Waals surface area contributed by atoms with Gasteiger partial charge < -0.3 is 5.32 Å². The number of fused-ring (bicyclic) bond motifs is 1. The van der Waals surface area contributed by atoms with E-state index < -0.39 is 11.6 Å². The maximum atomic E-state index is 13.3. The molecule has 2 heterocycles. The summed E-state index contributed by atoms with van der Waals surface area (Å²) in [7, 11) is 0. The van der Waals surface area contributed by atoms with Gasteiger partial charge in [-0.25, -0.2) is 18.7 Å². The highest BCUT2D eigenvalue weighted by Crippen LogP contribution is 2.43. The number of nitrogens with one attached hydrogen (secondary N) is 1. The van der Waals surface area contributed by atoms with E-state index in [2.05, 4.69) is 20.3 Å². The Morgan fingerprint density at radius 3 is 2.91 bits per heavy atom. The van der Waals surface area contributed by atoms with Crippen LogP contribution in [0, 0.1) is 11.6 Å². The molecule has 0 radical (unpaired) electrons. The predicted octanol–water partition coefficient (Wildman–Crippen LogP) is 3.99. The van der Waals surface area contributed by atoms with Crippen molar-refractivity contribution in [3.05, 3.63) is 46.2 Å². The molecule has 8 heteroatoms. The van der Waals surface area contributed by atoms with Crippen LogP contribution in [-0.2, 0) is 0 Å². The van der Waals surface area contributed by atoms with Gasteiger partial charge in [0.2, 0.25) is 5.28 Å². The van der Waals surface area contributed by atoms with Gasteiger partial charge in [0, 0.05) is 12.0 Å². The monoisotopic (exact) mass is 338 g/mol. The molecule has 1 aliphatic carbocycles. The first-order valence-electron chi connectivity index (χ1n) is 6.60. The molecule has 3 aromatic rings. The number of halogens is 3. The zero-order chi connectivity index (χ0) is 15.3. The molecule has 1 N–H and O–H groups in total. The largest absolute Gasteiger partial charge is 0.365 e. The van der Waals surface area contributed by atoms with Crippen LogP contribution in [0.15, 0.2) is 23.7 Å². The molecule has 4 rings (SSSR count). The Morgan fingerprint density at radius 1 is 1.23 bits per heavy atom. The van der Waals surface area contributed by atoms with Crippen LogP contribution < -0.4 is 5.32 Å². The standard InChI is InChI=1S/C14H9ClF2N4S/c15-14-20-12(11-13(21-14)22-5-18-11)19-10-4-7(10)6-1-2-8(16)9(17)3-6/h1-3,5,7,10H,4H2,(H,19,20,21)/t7-,10+/m0/s1. The molecule has 112 valence electrons. The van der Waals surface area contributed by atoms with Crippen LogP contribution in [0.25, 0.3) is 10.3 Å². The first kappa shape index (κ1) is 13.8. The average Bonchev–Trinajstić information content (AvgIpc) is 3.07. The summed E-state index contributed by atoms with van der Waals surface area (Å²) >= 11 is 7.29. The number of hydrogen-bond acceptors (Lipinski definition) is 5. The molecule has 1 aromatic carbocycles. The van der Waals surface area contributed by atoms with Gasteiger partial charge >= 0.3 is 0 Å². The van der Waals surface area contributed by atoms with Gasteiger partial charge in [-0.15, -0.1) is 11.3 Å². The molecule has 1 saturated carbocycles. The van der Waals surface area contributed by atoms with Gasteiger partial charge in [0.05, 0.1) is 5.51 Å². The smallest absolute Gasteiger partial charge is 0.225 e. The van der Waals surface area contributed by atoms with E-state index in [9.17, 15) is 8.78 Å². The SMILES string of the molecule is Fc1ccc([C@@H]2C[C@H]2Nc2nc(Cl)nc3scnc23)cc1F. The molecule has 0 amide bonds. The van der Waals surface area contributed by atoms with E-state index in [0.29, 0.717) is 16.2 Å². The topological polar surface area (TPSA) is 50.7 Å². The summed E-state index contributed by atoms with van der Waals surface area (Å²) in [4.78, 5) is 13.2. The van der Waals surface area contributed by atoms with Gasteiger partial charge in [0.1, 0.15) is 5.52 Å². The van der Waals surface area contributed by atoms with E-state index in [-0.39, 0.29) is 17.2 Å². The fourth-order valence-electron chi connectivity index (χ4n) is 2.48. The second-order valence-electron chi connectivity index (χ2n) is 5.11. The molecule has 0 aliphatic heterocycles. The van der Waals surface area contributed by atoms with Crippen LogP contribution >= 0.6 is 22.9 Å². The van der Waals surface area contributed by atoms with E-state index in [1.165, 1.54) is 17.4 Å². The summed E-state index contributed by atoms with van der Waals surface area (Å²) in [5.74, 6) is -0.959. The number of rotatable bonds is 3. The number of benzene rings is 1. The van der Waals surface area contributed by atoms with Crippen molar-refractivity contribution in [1.82, 2.24) is 15.0 Å². The number of aromatic nitrogens is 3. The van der Waals surface area contributed by atoms with Gasteiger partial charge in [-0.1, -0.05) is 6.07 Å². The fourth-order valence-corrected chi connectivity index (χ4v) is 3.36. The van der Waals surface area contributed by atoms with Crippen LogP contribution in [0.2, 0.25) is 5.28 Å². The molecule has 1 aliphatic rings. The lowest BCUT2D eigenvalue weighted by atomic mass is 10.1. The summed E-state index contributed by atoms with van der Waals surface area (Å²) in [6.45, 7) is 0. The van der Waals surface area contributed by atoms with Crippen LogP contribution in [0.5, 0.6) is 0 Å². The van der Waals surface area contributed by atoms with Gasteiger partial charge in [0.25, 0.3) is 0 Å². The summed E-state index contributed by atoms with van der Waals surface area (Å²) in [5, 5.41) is 3.42. The molecule has 0 bridgehead atoms. The Kier molecular flexibility index (Phi) is 3.19. The molecule has 0 spiro atoms. The van der Waals surface area contributed by atoms with Crippen molar-refractivity contribution in [2.45, 2.75) is 18.4 Å². The molecule has 22 heavy (non-hydrogen) atoms. The van der Waals surface area contributed by atoms with Crippen LogP contribution in [0.4, 0.5) is 14.6 Å². The first-order chi connectivity index (χ1) is 10.6. The van der Waals surface area contributed by atoms with Gasteiger partial charge in [-0.2, -0.15) is 4.98 Å². The zero-order valence-corrected chi connectivity index (χ0v) is 12.6. The lowest BCUT2D eigenvalue weighted by Gasteiger charge is -2.06. The van der Waals surface area contributed by atoms with Crippen LogP contribution in [0.3, 0.4) is 0 Å². The minimum Gasteiger partial charge on any atom is -0.365 e. The minimum atomic E-state index is -0.833. The third kappa shape index (κ3) is 2.40. The quantitative estimate of drug-likeness (QED) is 0.734. The summed E-state index contributed by atoms with van der Waals surface area (Å²) in [6.07, 6.45) is 0.818. The lowest BCUT2D eigenvalue weighted by Crippen LogP contribution is -2.07. The third-order valence-corrected chi connectivity index (χ3v) is 4.54. The summed E-state index contributed by atoms with van der Waals surface area (Å²) < 4.78 is 26.3. The van der Waals surface area contributed by atoms with E-state index in [0.717, 1.165) is 18.1 Å². The maximum absolute atomic E-state index is 13.3. The van der Waals surface area contributed by atoms with Gasteiger partial charge in [-0.05, 0) is 35.7 Å². The highest BCUT2D eigenvalue weighted by Gasteiger charge is 2.39. The molecule has 4 nitrogen and oxygen atoms in total. The minimum absolute atomic E-state index is 0.0979. The molecule has 0 unspecified atom stereocenters. The second kappa shape index (κ2) is 5.10. The number of anilines is 1. The molecule has 2 aromatic heterocycles. The number of nitrogens with zero attached hydrogens (tertiary/aromatic N) is 3. The van der Waals surface area contributed by atoms with Crippen molar-refractivity contribution < 1.29 is 8.78 Å². The highest BCUT2D eigenvalue weighted by molar-refractivity contribution is 7.16. The van der Waals surface area contributed by atoms with Crippen molar-refractivity contribution >= 4 is 39.1 Å². The van der Waals surface area contributed by atoms with Crippen LogP contribution in [-0.4, -0.2) is 21.0 Å². The van der Waals surface area contributed by atoms with E-state index in [1.807, 2.05) is 0 Å². The van der Waals surface area contributed by atoms with Crippen molar-refractivity contribution in [2.75, 3.05) is 5.32 Å². The van der Waals surface area contributed by atoms with E-state index >= 15 is 0 Å². The van der Waals surface area contributed by atoms with Crippen molar-refractivity contribution in [1.29, 1.82) is 0 Å². The molecular formula is C14H9ClF2N4S. The fraction of sp³-hybridized carbons (Fsp3) is 0.214. The Hall–Kier alpha value is -1.86. The predicted molar refractivity (Wildman–Crippen MR) is 81.3 cm³/mol. The second-order valence-corrected chi connectivity index (χ2v) is 6.29. The van der Waals surface area contributed by atoms with Crippen molar-refractivity contribution in [2.24, 2.45) is 0 Å². The zero-order valence-electron chi connectivity index (χ0n) is 11.1. The number of hydrogen-bond donors (Lipinski definition) is 1. The molecule has 2 atom stereocenters. The normalized spacial score (nSPS) is 20.3. The summed E-state index contributed by atoms with van der Waals surface area (Å²) in [5.41, 5.74) is 3.12. The van der Waals surface area contributed by atoms with Crippen LogP contribution in [0.1, 0.15) is 17.9 Å². The Balaban J connectivity index is 1.57. The van der Waals surface area contributed by atoms with Gasteiger partial charge in [-0.3, -0.25) is 0 Å². The maximum Gasteiger partial charge on any atom is 0.225 e. The Morgan fingerprint density at radius 2 is 2.09 bits per heavy atom. The van der Waals surface area contributed by atoms with Gasteiger partial charge in [0.15, 0.2) is 22.3 Å². The average molecular weight is 339 g/mol. The third-order valence-electron chi connectivity index (χ3n) is 3.66. The molecule has 1 fully saturated rings.